The quantitative estimate of drug-likeness (QED) is 0.161. The summed E-state index contributed by atoms with van der Waals surface area (Å²) in [6, 6.07) is 0. The second-order valence-corrected chi connectivity index (χ2v) is 7.40. The van der Waals surface area contributed by atoms with Crippen LogP contribution < -0.4 is 24.0 Å². The van der Waals surface area contributed by atoms with E-state index in [4.69, 9.17) is 0 Å². The first-order valence-electron chi connectivity index (χ1n) is 8.50. The highest BCUT2D eigenvalue weighted by Crippen LogP contribution is 2.12. The fourth-order valence-corrected chi connectivity index (χ4v) is 2.88. The molecule has 0 heterocycles. The highest BCUT2D eigenvalue weighted by Gasteiger charge is 2.12. The van der Waals surface area contributed by atoms with Crippen molar-refractivity contribution in [3.63, 3.8) is 0 Å². The van der Waals surface area contributed by atoms with Crippen molar-refractivity contribution in [3.05, 3.63) is 0 Å². The van der Waals surface area contributed by atoms with Crippen molar-refractivity contribution in [3.8, 4) is 0 Å². The van der Waals surface area contributed by atoms with Crippen molar-refractivity contribution in [1.82, 2.24) is 0 Å². The Bertz CT molecular complexity index is 186. The highest BCUT2D eigenvalue weighted by atomic mass is 127. The topological polar surface area (TPSA) is 0 Å². The van der Waals surface area contributed by atoms with Crippen LogP contribution in [0.15, 0.2) is 0 Å². The standard InChI is InChI=1S/C17H37BrN.HI/c1-4-5-6-7-8-9-10-11-12-13-16-19(2,3)17-14-15-18;/h4-17H2,1-3H3;1H/q+1;/p-1. The van der Waals surface area contributed by atoms with Crippen LogP contribution in [0.25, 0.3) is 0 Å². The lowest BCUT2D eigenvalue weighted by Crippen LogP contribution is -3.00. The number of hydrogen-bond donors (Lipinski definition) is 0. The molecule has 0 bridgehead atoms. The van der Waals surface area contributed by atoms with Crippen molar-refractivity contribution in [1.29, 1.82) is 0 Å². The van der Waals surface area contributed by atoms with Gasteiger partial charge in [0.1, 0.15) is 0 Å². The minimum atomic E-state index is 0. The Morgan fingerprint density at radius 1 is 0.650 bits per heavy atom. The summed E-state index contributed by atoms with van der Waals surface area (Å²) in [5.74, 6) is 0. The Morgan fingerprint density at radius 3 is 1.50 bits per heavy atom. The molecule has 0 rings (SSSR count). The first-order chi connectivity index (χ1) is 9.12. The van der Waals surface area contributed by atoms with E-state index in [0.717, 1.165) is 5.33 Å². The lowest BCUT2D eigenvalue weighted by Gasteiger charge is -2.29. The molecule has 0 aromatic rings. The molecule has 0 unspecified atom stereocenters. The number of halogens is 2. The fourth-order valence-electron chi connectivity index (χ4n) is 2.63. The molecule has 0 saturated carbocycles. The van der Waals surface area contributed by atoms with Gasteiger partial charge in [0.15, 0.2) is 0 Å². The zero-order valence-electron chi connectivity index (χ0n) is 14.1. The average molecular weight is 462 g/mol. The van der Waals surface area contributed by atoms with E-state index in [1.54, 1.807) is 0 Å². The summed E-state index contributed by atoms with van der Waals surface area (Å²) in [7, 11) is 4.74. The van der Waals surface area contributed by atoms with Gasteiger partial charge in [-0.2, -0.15) is 0 Å². The van der Waals surface area contributed by atoms with E-state index in [9.17, 15) is 0 Å². The first-order valence-corrected chi connectivity index (χ1v) is 9.62. The SMILES string of the molecule is CCCCCCCCCCCC[N+](C)(C)CCCBr.[I-]. The summed E-state index contributed by atoms with van der Waals surface area (Å²) in [5, 5.41) is 1.15. The predicted molar refractivity (Wildman–Crippen MR) is 92.1 cm³/mol. The van der Waals surface area contributed by atoms with Gasteiger partial charge in [0.05, 0.1) is 27.2 Å². The second-order valence-electron chi connectivity index (χ2n) is 6.61. The molecule has 20 heavy (non-hydrogen) atoms. The number of quaternary nitrogens is 1. The maximum absolute atomic E-state index is 3.52. The number of unbranched alkanes of at least 4 members (excludes halogenated alkanes) is 9. The van der Waals surface area contributed by atoms with Crippen LogP contribution in [0.4, 0.5) is 0 Å². The van der Waals surface area contributed by atoms with E-state index in [1.807, 2.05) is 0 Å². The van der Waals surface area contributed by atoms with E-state index >= 15 is 0 Å². The van der Waals surface area contributed by atoms with E-state index < -0.39 is 0 Å². The van der Waals surface area contributed by atoms with Crippen molar-refractivity contribution in [2.24, 2.45) is 0 Å². The molecule has 0 aliphatic carbocycles. The smallest absolute Gasteiger partial charge is 0.0790 e. The molecular weight excluding hydrogens is 425 g/mol. The second kappa shape index (κ2) is 16.5. The first kappa shape index (κ1) is 23.4. The van der Waals surface area contributed by atoms with Crippen LogP contribution in [0.2, 0.25) is 0 Å². The van der Waals surface area contributed by atoms with Gasteiger partial charge in [0.25, 0.3) is 0 Å². The zero-order valence-corrected chi connectivity index (χ0v) is 17.8. The number of rotatable bonds is 14. The van der Waals surface area contributed by atoms with E-state index in [2.05, 4.69) is 36.9 Å². The van der Waals surface area contributed by atoms with Crippen LogP contribution in [-0.4, -0.2) is 37.0 Å². The molecule has 0 saturated heterocycles. The highest BCUT2D eigenvalue weighted by molar-refractivity contribution is 9.09. The molecule has 0 aliphatic rings. The maximum atomic E-state index is 3.52. The normalized spacial score (nSPS) is 11.4. The van der Waals surface area contributed by atoms with Crippen LogP contribution in [0.1, 0.15) is 77.6 Å². The van der Waals surface area contributed by atoms with Gasteiger partial charge >= 0.3 is 0 Å². The molecule has 0 amide bonds. The van der Waals surface area contributed by atoms with Gasteiger partial charge in [-0.15, -0.1) is 0 Å². The summed E-state index contributed by atoms with van der Waals surface area (Å²) >= 11 is 3.52. The van der Waals surface area contributed by atoms with Crippen LogP contribution in [0.5, 0.6) is 0 Å². The Hall–Kier alpha value is 1.17. The van der Waals surface area contributed by atoms with Gasteiger partial charge in [-0.05, 0) is 12.8 Å². The molecule has 0 fully saturated rings. The van der Waals surface area contributed by atoms with Crippen molar-refractivity contribution in [2.75, 3.05) is 32.5 Å². The molecular formula is C17H37BrIN. The summed E-state index contributed by atoms with van der Waals surface area (Å²) in [5.41, 5.74) is 0. The van der Waals surface area contributed by atoms with Gasteiger partial charge in [0, 0.05) is 11.8 Å². The van der Waals surface area contributed by atoms with Crippen LogP contribution >= 0.6 is 15.9 Å². The third-order valence-corrected chi connectivity index (χ3v) is 4.57. The molecule has 0 radical (unpaired) electrons. The summed E-state index contributed by atoms with van der Waals surface area (Å²) in [4.78, 5) is 0. The lowest BCUT2D eigenvalue weighted by molar-refractivity contribution is -0.890. The Balaban J connectivity index is 0. The Labute approximate surface area is 154 Å². The maximum Gasteiger partial charge on any atom is 0.0790 e. The molecule has 0 atom stereocenters. The van der Waals surface area contributed by atoms with Crippen molar-refractivity contribution in [2.45, 2.75) is 77.6 Å². The van der Waals surface area contributed by atoms with Crippen LogP contribution in [0, 0.1) is 0 Å². The number of hydrogen-bond acceptors (Lipinski definition) is 0. The average Bonchev–Trinajstić information content (AvgIpc) is 2.38. The number of alkyl halides is 1. The molecule has 124 valence electrons. The lowest BCUT2D eigenvalue weighted by atomic mass is 10.1. The molecule has 0 aromatic carbocycles. The molecule has 0 aromatic heterocycles. The molecule has 1 nitrogen and oxygen atoms in total. The summed E-state index contributed by atoms with van der Waals surface area (Å²) < 4.78 is 1.20. The Morgan fingerprint density at radius 2 is 1.05 bits per heavy atom. The van der Waals surface area contributed by atoms with E-state index in [-0.39, 0.29) is 24.0 Å². The van der Waals surface area contributed by atoms with Gasteiger partial charge in [-0.1, -0.05) is 74.2 Å². The summed E-state index contributed by atoms with van der Waals surface area (Å²) in [6.45, 7) is 4.95. The van der Waals surface area contributed by atoms with Gasteiger partial charge < -0.3 is 28.5 Å². The van der Waals surface area contributed by atoms with E-state index in [0.29, 0.717) is 0 Å². The van der Waals surface area contributed by atoms with Crippen LogP contribution in [0.3, 0.4) is 0 Å². The minimum Gasteiger partial charge on any atom is -1.00 e. The van der Waals surface area contributed by atoms with Gasteiger partial charge in [0.2, 0.25) is 0 Å². The van der Waals surface area contributed by atoms with Gasteiger partial charge in [-0.3, -0.25) is 0 Å². The van der Waals surface area contributed by atoms with Gasteiger partial charge in [-0.25, -0.2) is 0 Å². The molecule has 0 N–H and O–H groups in total. The number of nitrogens with zero attached hydrogens (tertiary/aromatic N) is 1. The minimum absolute atomic E-state index is 0. The largest absolute Gasteiger partial charge is 1.00 e. The Kier molecular flexibility index (Phi) is 19.4. The van der Waals surface area contributed by atoms with Crippen molar-refractivity contribution >= 4 is 15.9 Å². The molecule has 3 heteroatoms. The van der Waals surface area contributed by atoms with Crippen LogP contribution in [-0.2, 0) is 0 Å². The summed E-state index contributed by atoms with van der Waals surface area (Å²) in [6.07, 6.45) is 15.7. The third-order valence-electron chi connectivity index (χ3n) is 4.01. The molecule has 0 aliphatic heterocycles. The molecule has 0 spiro atoms. The van der Waals surface area contributed by atoms with Crippen molar-refractivity contribution < 1.29 is 28.5 Å². The predicted octanol–water partition coefficient (Wildman–Crippen LogP) is 2.77. The fraction of sp³-hybridized carbons (Fsp3) is 1.00. The third kappa shape index (κ3) is 17.2. The van der Waals surface area contributed by atoms with E-state index in [1.165, 1.54) is 88.2 Å². The zero-order chi connectivity index (χ0) is 14.4. The monoisotopic (exact) mass is 461 g/mol.